The van der Waals surface area contributed by atoms with E-state index >= 15 is 0 Å². The Kier molecular flexibility index (Phi) is 27.1. The number of halogens is 11. The summed E-state index contributed by atoms with van der Waals surface area (Å²) in [6.07, 6.45) is -6.07. The van der Waals surface area contributed by atoms with Crippen molar-refractivity contribution in [1.29, 1.82) is 0 Å². The van der Waals surface area contributed by atoms with Crippen LogP contribution in [-0.4, -0.2) is 152 Å². The van der Waals surface area contributed by atoms with E-state index in [1.165, 1.54) is 18.0 Å². The molecule has 0 saturated carbocycles. The molecule has 3 N–H and O–H groups in total. The highest BCUT2D eigenvalue weighted by molar-refractivity contribution is 7.59. The van der Waals surface area contributed by atoms with Crippen LogP contribution in [0.5, 0.6) is 0 Å². The second-order valence-electron chi connectivity index (χ2n) is 23.9. The van der Waals surface area contributed by atoms with Gasteiger partial charge in [-0.15, -0.1) is 0 Å². The first-order valence-electron chi connectivity index (χ1n) is 30.0. The normalized spacial score (nSPS) is 16.9. The number of amides is 5. The molecule has 0 radical (unpaired) electrons. The van der Waals surface area contributed by atoms with Gasteiger partial charge in [-0.1, -0.05) is 156 Å². The third-order valence-corrected chi connectivity index (χ3v) is 19.9. The number of nitrogens with one attached hydrogen (secondary N) is 3. The number of rotatable bonds is 16. The highest BCUT2D eigenvalue weighted by Gasteiger charge is 2.50. The van der Waals surface area contributed by atoms with E-state index in [2.05, 4.69) is 37.9 Å². The molecule has 0 unspecified atom stereocenters. The number of carbonyl (C=O) groups excluding carboxylic acids is 6. The number of likely N-dealkylation sites (tertiary alicyclic amines) is 2. The number of likely N-dealkylation sites (N-methyl/N-ethyl adjacent to an activating group) is 4. The molecule has 2 spiro atoms. The number of benzene rings is 6. The van der Waals surface area contributed by atoms with Gasteiger partial charge in [0.2, 0.25) is 11.8 Å². The molecule has 2 fully saturated rings. The predicted octanol–water partition coefficient (Wildman–Crippen LogP) is 12.8. The summed E-state index contributed by atoms with van der Waals surface area (Å²) in [6, 6.07) is 42.8. The van der Waals surface area contributed by atoms with Crippen molar-refractivity contribution in [2.24, 2.45) is 0 Å². The average molecular weight is 1460 g/mol. The Labute approximate surface area is 588 Å². The van der Waals surface area contributed by atoms with Gasteiger partial charge in [0.15, 0.2) is 0 Å². The van der Waals surface area contributed by atoms with Crippen molar-refractivity contribution in [3.8, 4) is 0 Å². The first kappa shape index (κ1) is 78.0. The number of fused-ring (bicyclic) bond motifs is 4. The van der Waals surface area contributed by atoms with E-state index in [0.29, 0.717) is 108 Å². The summed E-state index contributed by atoms with van der Waals surface area (Å²) < 4.78 is 80.5. The first-order chi connectivity index (χ1) is 43.9. The summed E-state index contributed by atoms with van der Waals surface area (Å²) in [5.74, 6) is -4.38. The first-order valence-corrected chi connectivity index (χ1v) is 31.9. The number of hydrogen-bond donors (Lipinski definition) is 3. The number of alkyl halides is 6. The van der Waals surface area contributed by atoms with Gasteiger partial charge in [0.1, 0.15) is 0 Å². The molecule has 5 amide bonds. The second kappa shape index (κ2) is 33.0. The lowest BCUT2D eigenvalue weighted by atomic mass is 9.75. The van der Waals surface area contributed by atoms with E-state index in [1.54, 1.807) is 92.0 Å². The van der Waals surface area contributed by atoms with Gasteiger partial charge in [-0.2, -0.15) is 53.3 Å². The predicted molar refractivity (Wildman–Crippen MR) is 369 cm³/mol. The molecule has 27 heteroatoms. The summed E-state index contributed by atoms with van der Waals surface area (Å²) in [7, 11) is 5.42. The molecule has 6 aromatic carbocycles. The Morgan fingerprint density at radius 2 is 0.916 bits per heavy atom. The molecule has 4 aliphatic rings. The Balaban J connectivity index is 0.000000263. The van der Waals surface area contributed by atoms with Crippen LogP contribution < -0.4 is 16.0 Å². The maximum Gasteiger partial charge on any atom is 0.471 e. The minimum absolute atomic E-state index is 0. The third-order valence-electron chi connectivity index (χ3n) is 18.2. The van der Waals surface area contributed by atoms with Crippen LogP contribution in [0, 0.1) is 0 Å². The van der Waals surface area contributed by atoms with E-state index in [4.69, 9.17) is 58.0 Å². The van der Waals surface area contributed by atoms with Gasteiger partial charge < -0.3 is 40.4 Å². The fourth-order valence-corrected chi connectivity index (χ4v) is 13.8. The van der Waals surface area contributed by atoms with Crippen molar-refractivity contribution >= 4 is 120 Å². The maximum atomic E-state index is 14.0. The zero-order valence-electron chi connectivity index (χ0n) is 52.5. The van der Waals surface area contributed by atoms with Crippen molar-refractivity contribution in [1.82, 2.24) is 40.4 Å². The topological polar surface area (TPSA) is 155 Å². The Morgan fingerprint density at radius 3 is 1.33 bits per heavy atom. The number of hydrogen-bond acceptors (Lipinski definition) is 9. The lowest BCUT2D eigenvalue weighted by Gasteiger charge is -2.48. The van der Waals surface area contributed by atoms with Gasteiger partial charge in [-0.05, 0) is 127 Å². The van der Waals surface area contributed by atoms with Crippen molar-refractivity contribution in [2.75, 3.05) is 80.5 Å². The summed E-state index contributed by atoms with van der Waals surface area (Å²) in [5.41, 5.74) is 2.94. The minimum Gasteiger partial charge on any atom is -0.346 e. The van der Waals surface area contributed by atoms with Crippen LogP contribution in [0.4, 0.5) is 26.3 Å². The number of piperidine rings is 2. The van der Waals surface area contributed by atoms with Crippen LogP contribution in [0.1, 0.15) is 92.6 Å². The van der Waals surface area contributed by atoms with Crippen molar-refractivity contribution in [3.05, 3.63) is 210 Å². The summed E-state index contributed by atoms with van der Waals surface area (Å²) in [5, 5.41) is 10.2. The van der Waals surface area contributed by atoms with Crippen LogP contribution in [0.3, 0.4) is 0 Å². The Morgan fingerprint density at radius 1 is 0.526 bits per heavy atom. The fourth-order valence-electron chi connectivity index (χ4n) is 13.1. The molecule has 0 aliphatic carbocycles. The summed E-state index contributed by atoms with van der Waals surface area (Å²) >= 11 is 30.2. The molecule has 0 bridgehead atoms. The molecule has 4 heterocycles. The zero-order valence-corrected chi connectivity index (χ0v) is 58.3. The SMILES string of the molecule is CN(C[C@](CCN1CCC2(CC1)NC(=O)Cc1ccccc12)(c1ccc(Cl)c(Cl)c1)N(C)C(=O)c1ccccc1)C(=O)C(F)(F)F.CN[C@](CCN1CCC2(CC1)NC(=O)Cc1ccccc12)(CN(C)C(=O)C(F)(F)F)c1ccc(Cl)c(Cl)c1.O=C(Cl)c1ccccc1.S.S. The van der Waals surface area contributed by atoms with E-state index in [1.807, 2.05) is 42.5 Å². The quantitative estimate of drug-likeness (QED) is 0.0634. The van der Waals surface area contributed by atoms with Crippen LogP contribution in [0.15, 0.2) is 146 Å². The third kappa shape index (κ3) is 18.6. The molecule has 4 aliphatic heterocycles. The van der Waals surface area contributed by atoms with E-state index in [9.17, 15) is 55.1 Å². The lowest BCUT2D eigenvalue weighted by Crippen LogP contribution is -2.58. The highest BCUT2D eigenvalue weighted by Crippen LogP contribution is 2.43. The van der Waals surface area contributed by atoms with E-state index in [0.717, 1.165) is 49.2 Å². The molecule has 14 nitrogen and oxygen atoms in total. The highest BCUT2D eigenvalue weighted by atomic mass is 35.5. The van der Waals surface area contributed by atoms with Gasteiger partial charge in [-0.25, -0.2) is 0 Å². The fraction of sp³-hybridized carbons (Fsp3) is 0.382. The van der Waals surface area contributed by atoms with Gasteiger partial charge in [-0.3, -0.25) is 28.8 Å². The molecule has 0 aromatic heterocycles. The Bertz CT molecular complexity index is 3680. The molecule has 10 rings (SSSR count). The molecule has 6 aromatic rings. The van der Waals surface area contributed by atoms with Crippen LogP contribution in [0.2, 0.25) is 20.1 Å². The van der Waals surface area contributed by atoms with Crippen molar-refractivity contribution in [2.45, 2.75) is 85.9 Å². The monoisotopic (exact) mass is 1450 g/mol. The standard InChI is InChI=1S/C34H35Cl2F3N4O3.C27H31Cl2F3N4O2.C7H5ClO.2H2S/c1-41(31(46)34(37,38)39)22-33(25-12-13-27(35)28(36)21-25,42(2)30(45)23-8-4-3-5-9-23)16-19-43-17-14-32(15-18-43)26-11-7-6-10-24(26)20-29(44)40-32;1-33-26(17-35(2)24(38)27(30,31)32,19-7-8-21(28)22(29)16-19)11-14-36-12-9-25(10-13-36)20-6-4-3-5-18(20)15-23(37)34-25;8-7(9)6-4-2-1-3-5-6;;/h3-13,21H,14-20,22H2,1-2H3,(H,40,44);3-8,16,33H,9-15,17H2,1-2H3,(H,34,37);1-5H;2*1H2/t33-;26-;;;/m11.../s1. The van der Waals surface area contributed by atoms with E-state index in [-0.39, 0.29) is 66.8 Å². The smallest absolute Gasteiger partial charge is 0.346 e. The lowest BCUT2D eigenvalue weighted by molar-refractivity contribution is -0.185. The van der Waals surface area contributed by atoms with Gasteiger partial charge >= 0.3 is 24.2 Å². The number of carbonyl (C=O) groups is 6. The van der Waals surface area contributed by atoms with Crippen molar-refractivity contribution < 1.29 is 55.1 Å². The Hall–Kier alpha value is -6.05. The zero-order chi connectivity index (χ0) is 67.7. The molecule has 2 atom stereocenters. The molecular weight excluding hydrogens is 1380 g/mol. The second-order valence-corrected chi connectivity index (χ2v) is 25.9. The largest absolute Gasteiger partial charge is 0.471 e. The minimum atomic E-state index is -5.11. The van der Waals surface area contributed by atoms with Gasteiger partial charge in [0.05, 0.1) is 55.1 Å². The number of nitrogens with zero attached hydrogens (tertiary/aromatic N) is 5. The molecule has 95 heavy (non-hydrogen) atoms. The summed E-state index contributed by atoms with van der Waals surface area (Å²) in [4.78, 5) is 81.0. The van der Waals surface area contributed by atoms with Gasteiger partial charge in [0.25, 0.3) is 11.1 Å². The van der Waals surface area contributed by atoms with Crippen LogP contribution >= 0.6 is 85.0 Å². The molecule has 2 saturated heterocycles. The van der Waals surface area contributed by atoms with Crippen LogP contribution in [0.25, 0.3) is 0 Å². The van der Waals surface area contributed by atoms with Gasteiger partial charge in [0, 0.05) is 84.6 Å². The average Bonchev–Trinajstić information content (AvgIpc) is 0.776. The maximum absolute atomic E-state index is 14.0. The summed E-state index contributed by atoms with van der Waals surface area (Å²) in [6.45, 7) is 2.85. The molecular formula is C68H75Cl5F6N8O6S2. The van der Waals surface area contributed by atoms with E-state index < -0.39 is 64.0 Å². The van der Waals surface area contributed by atoms with Crippen LogP contribution in [-0.2, 0) is 54.2 Å². The molecule has 512 valence electrons. The van der Waals surface area contributed by atoms with Crippen molar-refractivity contribution in [3.63, 3.8) is 0 Å².